The van der Waals surface area contributed by atoms with Crippen molar-refractivity contribution in [2.45, 2.75) is 13.8 Å². The van der Waals surface area contributed by atoms with E-state index in [1.54, 1.807) is 18.5 Å². The third kappa shape index (κ3) is 2.88. The van der Waals surface area contributed by atoms with Crippen molar-refractivity contribution in [2.24, 2.45) is 17.3 Å². The number of likely N-dealkylation sites (tertiary alicyclic amines) is 1. The molecule has 2 atom stereocenters. The lowest BCUT2D eigenvalue weighted by atomic mass is 9.81. The average Bonchev–Trinajstić information content (AvgIpc) is 3.09. The lowest BCUT2D eigenvalue weighted by molar-refractivity contribution is -0.148. The van der Waals surface area contributed by atoms with Gasteiger partial charge < -0.3 is 19.6 Å². The molecule has 1 aromatic rings. The zero-order valence-electron chi connectivity index (χ0n) is 13.9. The van der Waals surface area contributed by atoms with E-state index >= 15 is 0 Å². The molecule has 3 rings (SSSR count). The van der Waals surface area contributed by atoms with Crippen LogP contribution >= 0.6 is 0 Å². The number of fused-ring (bicyclic) bond motifs is 1. The van der Waals surface area contributed by atoms with Crippen molar-refractivity contribution in [3.63, 3.8) is 0 Å². The van der Waals surface area contributed by atoms with Crippen LogP contribution < -0.4 is 4.90 Å². The van der Waals surface area contributed by atoms with Gasteiger partial charge in [0.15, 0.2) is 0 Å². The molecular formula is C16H22N4O4. The number of carboxylic acids is 1. The number of amides is 1. The summed E-state index contributed by atoms with van der Waals surface area (Å²) in [7, 11) is 0. The smallest absolute Gasteiger partial charge is 0.409 e. The Labute approximate surface area is 140 Å². The molecule has 3 heterocycles. The van der Waals surface area contributed by atoms with Crippen molar-refractivity contribution >= 4 is 18.0 Å². The number of rotatable bonds is 4. The summed E-state index contributed by atoms with van der Waals surface area (Å²) in [6.45, 7) is 5.62. The minimum absolute atomic E-state index is 0.160. The molecule has 1 aromatic heterocycles. The fraction of sp³-hybridized carbons (Fsp3) is 0.625. The second kappa shape index (κ2) is 6.26. The van der Waals surface area contributed by atoms with Crippen molar-refractivity contribution in [3.8, 4) is 0 Å². The number of nitrogens with zero attached hydrogens (tertiary/aromatic N) is 4. The van der Waals surface area contributed by atoms with Gasteiger partial charge in [-0.3, -0.25) is 4.79 Å². The molecule has 2 saturated heterocycles. The lowest BCUT2D eigenvalue weighted by Gasteiger charge is -2.25. The molecule has 8 nitrogen and oxygen atoms in total. The summed E-state index contributed by atoms with van der Waals surface area (Å²) in [4.78, 5) is 35.9. The summed E-state index contributed by atoms with van der Waals surface area (Å²) in [5.41, 5.74) is -0.990. The van der Waals surface area contributed by atoms with Crippen molar-refractivity contribution in [2.75, 3.05) is 37.7 Å². The topological polar surface area (TPSA) is 95.9 Å². The van der Waals surface area contributed by atoms with Crippen LogP contribution in [-0.2, 0) is 9.53 Å². The van der Waals surface area contributed by atoms with Crippen LogP contribution in [0.1, 0.15) is 13.8 Å². The predicted molar refractivity (Wildman–Crippen MR) is 85.6 cm³/mol. The van der Waals surface area contributed by atoms with E-state index in [9.17, 15) is 14.7 Å². The molecule has 0 spiro atoms. The molecule has 1 N–H and O–H groups in total. The Kier molecular flexibility index (Phi) is 4.29. The van der Waals surface area contributed by atoms with Crippen LogP contribution in [0.3, 0.4) is 0 Å². The highest BCUT2D eigenvalue weighted by molar-refractivity contribution is 5.80. The fourth-order valence-electron chi connectivity index (χ4n) is 3.44. The van der Waals surface area contributed by atoms with Crippen LogP contribution in [0.25, 0.3) is 0 Å². The van der Waals surface area contributed by atoms with E-state index in [0.717, 1.165) is 0 Å². The van der Waals surface area contributed by atoms with E-state index in [2.05, 4.69) is 9.97 Å². The Morgan fingerprint density at radius 1 is 1.33 bits per heavy atom. The van der Waals surface area contributed by atoms with Gasteiger partial charge in [0, 0.05) is 44.5 Å². The van der Waals surface area contributed by atoms with Gasteiger partial charge in [0.2, 0.25) is 5.95 Å². The van der Waals surface area contributed by atoms with Crippen molar-refractivity contribution in [1.82, 2.24) is 14.9 Å². The Bertz CT molecular complexity index is 624. The first-order chi connectivity index (χ1) is 11.4. The third-order valence-electron chi connectivity index (χ3n) is 4.67. The molecule has 0 unspecified atom stereocenters. The Hall–Kier alpha value is -2.38. The highest BCUT2D eigenvalue weighted by Gasteiger charge is 2.59. The zero-order valence-corrected chi connectivity index (χ0v) is 13.9. The molecule has 0 aromatic carbocycles. The summed E-state index contributed by atoms with van der Waals surface area (Å²) in [5, 5.41) is 9.81. The number of hydrogen-bond donors (Lipinski definition) is 1. The largest absolute Gasteiger partial charge is 0.481 e. The van der Waals surface area contributed by atoms with Gasteiger partial charge in [0.1, 0.15) is 5.41 Å². The molecule has 0 aliphatic carbocycles. The zero-order chi connectivity index (χ0) is 17.3. The van der Waals surface area contributed by atoms with E-state index in [1.807, 2.05) is 18.7 Å². The quantitative estimate of drug-likeness (QED) is 0.880. The van der Waals surface area contributed by atoms with Gasteiger partial charge in [0.05, 0.1) is 6.61 Å². The monoisotopic (exact) mass is 334 g/mol. The standard InChI is InChI=1S/C16H22N4O4/c1-11(2)8-24-15(23)20-7-12-6-19(14-17-4-3-5-18-14)9-16(12,10-20)13(21)22/h3-5,11-12H,6-10H2,1-2H3,(H,21,22)/t12-,16-/m1/s1. The van der Waals surface area contributed by atoms with Gasteiger partial charge >= 0.3 is 12.1 Å². The Morgan fingerprint density at radius 2 is 2.04 bits per heavy atom. The molecular weight excluding hydrogens is 312 g/mol. The molecule has 130 valence electrons. The minimum atomic E-state index is -0.990. The number of carbonyl (C=O) groups excluding carboxylic acids is 1. The summed E-state index contributed by atoms with van der Waals surface area (Å²) < 4.78 is 5.24. The minimum Gasteiger partial charge on any atom is -0.481 e. The second-order valence-corrected chi connectivity index (χ2v) is 6.94. The second-order valence-electron chi connectivity index (χ2n) is 6.94. The molecule has 2 aliphatic rings. The number of ether oxygens (including phenoxy) is 1. The first kappa shape index (κ1) is 16.5. The molecule has 2 fully saturated rings. The number of carboxylic acid groups (broad SMARTS) is 1. The van der Waals surface area contributed by atoms with Crippen LogP contribution in [0, 0.1) is 17.3 Å². The van der Waals surface area contributed by atoms with E-state index in [-0.39, 0.29) is 18.4 Å². The number of aromatic nitrogens is 2. The van der Waals surface area contributed by atoms with Crippen LogP contribution in [0.2, 0.25) is 0 Å². The van der Waals surface area contributed by atoms with Crippen LogP contribution in [0.15, 0.2) is 18.5 Å². The van der Waals surface area contributed by atoms with Crippen LogP contribution in [0.5, 0.6) is 0 Å². The third-order valence-corrected chi connectivity index (χ3v) is 4.67. The number of aliphatic carboxylic acids is 1. The number of carbonyl (C=O) groups is 2. The summed E-state index contributed by atoms with van der Waals surface area (Å²) >= 11 is 0. The lowest BCUT2D eigenvalue weighted by Crippen LogP contribution is -2.42. The van der Waals surface area contributed by atoms with E-state index in [4.69, 9.17) is 4.74 Å². The van der Waals surface area contributed by atoms with Gasteiger partial charge in [-0.25, -0.2) is 14.8 Å². The molecule has 0 radical (unpaired) electrons. The molecule has 1 amide bonds. The predicted octanol–water partition coefficient (Wildman–Crippen LogP) is 1.09. The Morgan fingerprint density at radius 3 is 2.62 bits per heavy atom. The maximum atomic E-state index is 12.2. The van der Waals surface area contributed by atoms with Gasteiger partial charge in [-0.15, -0.1) is 0 Å². The van der Waals surface area contributed by atoms with Crippen molar-refractivity contribution < 1.29 is 19.4 Å². The van der Waals surface area contributed by atoms with Gasteiger partial charge in [-0.05, 0) is 12.0 Å². The molecule has 24 heavy (non-hydrogen) atoms. The molecule has 0 saturated carbocycles. The maximum absolute atomic E-state index is 12.2. The first-order valence-electron chi connectivity index (χ1n) is 8.09. The first-order valence-corrected chi connectivity index (χ1v) is 8.09. The van der Waals surface area contributed by atoms with Gasteiger partial charge in [0.25, 0.3) is 0 Å². The van der Waals surface area contributed by atoms with Crippen LogP contribution in [-0.4, -0.2) is 64.8 Å². The van der Waals surface area contributed by atoms with Crippen LogP contribution in [0.4, 0.5) is 10.7 Å². The van der Waals surface area contributed by atoms with Crippen molar-refractivity contribution in [1.29, 1.82) is 0 Å². The summed E-state index contributed by atoms with van der Waals surface area (Å²) in [5.74, 6) is -0.271. The summed E-state index contributed by atoms with van der Waals surface area (Å²) in [6.07, 6.45) is 2.85. The highest BCUT2D eigenvalue weighted by Crippen LogP contribution is 2.43. The van der Waals surface area contributed by atoms with E-state index < -0.39 is 17.5 Å². The number of hydrogen-bond acceptors (Lipinski definition) is 6. The average molecular weight is 334 g/mol. The molecule has 2 aliphatic heterocycles. The fourth-order valence-corrected chi connectivity index (χ4v) is 3.44. The van der Waals surface area contributed by atoms with E-state index in [1.165, 1.54) is 4.90 Å². The van der Waals surface area contributed by atoms with Gasteiger partial charge in [-0.1, -0.05) is 13.8 Å². The maximum Gasteiger partial charge on any atom is 0.409 e. The molecule has 8 heteroatoms. The van der Waals surface area contributed by atoms with Gasteiger partial charge in [-0.2, -0.15) is 0 Å². The normalized spacial score (nSPS) is 25.9. The SMILES string of the molecule is CC(C)COC(=O)N1C[C@H]2CN(c3ncccn3)C[C@@]2(C(=O)O)C1. The number of anilines is 1. The summed E-state index contributed by atoms with van der Waals surface area (Å²) in [6, 6.07) is 1.72. The Balaban J connectivity index is 1.72. The highest BCUT2D eigenvalue weighted by atomic mass is 16.6. The molecule has 0 bridgehead atoms. The van der Waals surface area contributed by atoms with Crippen molar-refractivity contribution in [3.05, 3.63) is 18.5 Å². The van der Waals surface area contributed by atoms with E-state index in [0.29, 0.717) is 32.2 Å².